The molecule has 1 saturated carbocycles. The molecule has 1 fully saturated rings. The van der Waals surface area contributed by atoms with Gasteiger partial charge < -0.3 is 15.8 Å². The molecule has 0 radical (unpaired) electrons. The fourth-order valence-electron chi connectivity index (χ4n) is 2.43. The molecule has 1 aliphatic carbocycles. The van der Waals surface area contributed by atoms with E-state index in [1.54, 1.807) is 7.11 Å². The maximum Gasteiger partial charge on any atom is 0.238 e. The summed E-state index contributed by atoms with van der Waals surface area (Å²) in [6.45, 7) is 0. The molecular formula is C13H21N3OS. The number of anilines is 2. The van der Waals surface area contributed by atoms with Crippen LogP contribution in [-0.4, -0.2) is 29.6 Å². The van der Waals surface area contributed by atoms with Gasteiger partial charge in [0.05, 0.1) is 12.8 Å². The summed E-state index contributed by atoms with van der Waals surface area (Å²) in [6.07, 6.45) is 7.30. The van der Waals surface area contributed by atoms with Crippen LogP contribution in [0.25, 0.3) is 0 Å². The number of rotatable bonds is 4. The molecule has 2 rings (SSSR count). The normalized spacial score (nSPS) is 23.7. The third kappa shape index (κ3) is 3.02. The zero-order valence-corrected chi connectivity index (χ0v) is 11.8. The highest BCUT2D eigenvalue weighted by Crippen LogP contribution is 2.30. The van der Waals surface area contributed by atoms with Crippen molar-refractivity contribution in [1.82, 2.24) is 4.98 Å². The van der Waals surface area contributed by atoms with Crippen LogP contribution >= 0.6 is 11.8 Å². The molecule has 0 saturated heterocycles. The van der Waals surface area contributed by atoms with E-state index in [-0.39, 0.29) is 0 Å². The number of methoxy groups -OCH3 is 1. The van der Waals surface area contributed by atoms with Crippen LogP contribution in [0.1, 0.15) is 25.7 Å². The van der Waals surface area contributed by atoms with Crippen LogP contribution in [0.3, 0.4) is 0 Å². The summed E-state index contributed by atoms with van der Waals surface area (Å²) in [5.74, 6) is 1.35. The predicted molar refractivity (Wildman–Crippen MR) is 78.4 cm³/mol. The molecule has 3 N–H and O–H groups in total. The summed E-state index contributed by atoms with van der Waals surface area (Å²) in [7, 11) is 1.59. The molecule has 2 unspecified atom stereocenters. The lowest BCUT2D eigenvalue weighted by atomic mass is 9.95. The highest BCUT2D eigenvalue weighted by molar-refractivity contribution is 7.99. The lowest BCUT2D eigenvalue weighted by molar-refractivity contribution is 0.400. The highest BCUT2D eigenvalue weighted by Gasteiger charge is 2.24. The van der Waals surface area contributed by atoms with E-state index >= 15 is 0 Å². The predicted octanol–water partition coefficient (Wildman–Crippen LogP) is 2.76. The highest BCUT2D eigenvalue weighted by atomic mass is 32.2. The lowest BCUT2D eigenvalue weighted by Crippen LogP contribution is -2.34. The molecular weight excluding hydrogens is 246 g/mol. The van der Waals surface area contributed by atoms with Crippen molar-refractivity contribution < 1.29 is 4.74 Å². The Bertz CT molecular complexity index is 400. The Balaban J connectivity index is 2.07. The average Bonchev–Trinajstić information content (AvgIpc) is 2.41. The quantitative estimate of drug-likeness (QED) is 0.878. The number of nitrogens with two attached hydrogens (primary N) is 1. The third-order valence-corrected chi connectivity index (χ3v) is 4.59. The molecule has 1 heterocycles. The molecule has 0 amide bonds. The number of nitrogen functional groups attached to an aromatic ring is 1. The van der Waals surface area contributed by atoms with Crippen molar-refractivity contribution in [2.75, 3.05) is 24.4 Å². The third-order valence-electron chi connectivity index (χ3n) is 3.42. The van der Waals surface area contributed by atoms with E-state index in [0.717, 1.165) is 5.82 Å². The Kier molecular flexibility index (Phi) is 4.58. The van der Waals surface area contributed by atoms with Crippen molar-refractivity contribution in [2.45, 2.75) is 37.0 Å². The van der Waals surface area contributed by atoms with Gasteiger partial charge in [0, 0.05) is 11.3 Å². The Labute approximate surface area is 113 Å². The van der Waals surface area contributed by atoms with Gasteiger partial charge in [-0.3, -0.25) is 0 Å². The minimum Gasteiger partial charge on any atom is -0.479 e. The van der Waals surface area contributed by atoms with Gasteiger partial charge in [-0.25, -0.2) is 0 Å². The molecule has 18 heavy (non-hydrogen) atoms. The van der Waals surface area contributed by atoms with Gasteiger partial charge in [-0.1, -0.05) is 12.8 Å². The summed E-state index contributed by atoms with van der Waals surface area (Å²) in [6, 6.07) is 4.25. The maximum absolute atomic E-state index is 5.77. The Morgan fingerprint density at radius 3 is 2.89 bits per heavy atom. The zero-order chi connectivity index (χ0) is 13.0. The van der Waals surface area contributed by atoms with E-state index in [9.17, 15) is 0 Å². The standard InChI is InChI=1S/C13H21N3OS/c1-17-13-9(14)7-8-12(16-13)15-10-5-3-4-6-11(10)18-2/h7-8,10-11H,3-6,14H2,1-2H3,(H,15,16). The fraction of sp³-hybridized carbons (Fsp3) is 0.615. The van der Waals surface area contributed by atoms with Crippen molar-refractivity contribution in [2.24, 2.45) is 0 Å². The number of hydrogen-bond donors (Lipinski definition) is 2. The lowest BCUT2D eigenvalue weighted by Gasteiger charge is -2.31. The first kappa shape index (κ1) is 13.3. The minimum atomic E-state index is 0.495. The van der Waals surface area contributed by atoms with E-state index in [1.165, 1.54) is 25.7 Å². The van der Waals surface area contributed by atoms with Gasteiger partial charge in [0.15, 0.2) is 0 Å². The summed E-state index contributed by atoms with van der Waals surface area (Å²) in [4.78, 5) is 4.39. The summed E-state index contributed by atoms with van der Waals surface area (Å²) in [5.41, 5.74) is 6.34. The van der Waals surface area contributed by atoms with Gasteiger partial charge in [0.1, 0.15) is 5.82 Å². The van der Waals surface area contributed by atoms with E-state index in [0.29, 0.717) is 22.9 Å². The molecule has 4 nitrogen and oxygen atoms in total. The van der Waals surface area contributed by atoms with Crippen LogP contribution < -0.4 is 15.8 Å². The van der Waals surface area contributed by atoms with E-state index in [2.05, 4.69) is 16.6 Å². The zero-order valence-electron chi connectivity index (χ0n) is 11.0. The molecule has 1 aromatic heterocycles. The van der Waals surface area contributed by atoms with Crippen LogP contribution in [0, 0.1) is 0 Å². The summed E-state index contributed by atoms with van der Waals surface area (Å²) in [5, 5.41) is 4.19. The molecule has 5 heteroatoms. The molecule has 1 aliphatic rings. The Morgan fingerprint density at radius 2 is 2.17 bits per heavy atom. The van der Waals surface area contributed by atoms with Gasteiger partial charge in [-0.2, -0.15) is 16.7 Å². The van der Waals surface area contributed by atoms with E-state index in [1.807, 2.05) is 23.9 Å². The number of nitrogens with one attached hydrogen (secondary N) is 1. The van der Waals surface area contributed by atoms with Gasteiger partial charge in [0.25, 0.3) is 0 Å². The second kappa shape index (κ2) is 6.18. The number of thioether (sulfide) groups is 1. The van der Waals surface area contributed by atoms with E-state index in [4.69, 9.17) is 10.5 Å². The Hall–Kier alpha value is -1.10. The molecule has 1 aromatic rings. The first-order valence-electron chi connectivity index (χ1n) is 6.34. The van der Waals surface area contributed by atoms with Gasteiger partial charge in [-0.05, 0) is 31.2 Å². The van der Waals surface area contributed by atoms with Crippen LogP contribution in [0.5, 0.6) is 5.88 Å². The van der Waals surface area contributed by atoms with Crippen LogP contribution in [0.15, 0.2) is 12.1 Å². The first-order chi connectivity index (χ1) is 8.74. The number of hydrogen-bond acceptors (Lipinski definition) is 5. The molecule has 0 spiro atoms. The first-order valence-corrected chi connectivity index (χ1v) is 7.63. The number of pyridine rings is 1. The van der Waals surface area contributed by atoms with Gasteiger partial charge >= 0.3 is 0 Å². The number of ether oxygens (including phenoxy) is 1. The van der Waals surface area contributed by atoms with Crippen LogP contribution in [0.2, 0.25) is 0 Å². The van der Waals surface area contributed by atoms with Crippen molar-refractivity contribution in [3.05, 3.63) is 12.1 Å². The monoisotopic (exact) mass is 267 g/mol. The molecule has 0 aromatic carbocycles. The topological polar surface area (TPSA) is 60.2 Å². The van der Waals surface area contributed by atoms with E-state index < -0.39 is 0 Å². The molecule has 2 atom stereocenters. The van der Waals surface area contributed by atoms with Crippen LogP contribution in [-0.2, 0) is 0 Å². The van der Waals surface area contributed by atoms with Gasteiger partial charge in [-0.15, -0.1) is 0 Å². The smallest absolute Gasteiger partial charge is 0.238 e. The van der Waals surface area contributed by atoms with Crippen molar-refractivity contribution >= 4 is 23.3 Å². The summed E-state index contributed by atoms with van der Waals surface area (Å²) >= 11 is 1.94. The van der Waals surface area contributed by atoms with Crippen molar-refractivity contribution in [3.8, 4) is 5.88 Å². The van der Waals surface area contributed by atoms with Gasteiger partial charge in [0.2, 0.25) is 5.88 Å². The van der Waals surface area contributed by atoms with Crippen molar-refractivity contribution in [3.63, 3.8) is 0 Å². The SMILES string of the molecule is COc1nc(NC2CCCCC2SC)ccc1N. The number of aromatic nitrogens is 1. The van der Waals surface area contributed by atoms with Crippen LogP contribution in [0.4, 0.5) is 11.5 Å². The largest absolute Gasteiger partial charge is 0.479 e. The average molecular weight is 267 g/mol. The molecule has 100 valence electrons. The maximum atomic E-state index is 5.77. The molecule has 0 bridgehead atoms. The molecule has 0 aliphatic heterocycles. The Morgan fingerprint density at radius 1 is 1.39 bits per heavy atom. The van der Waals surface area contributed by atoms with Crippen molar-refractivity contribution in [1.29, 1.82) is 0 Å². The summed E-state index contributed by atoms with van der Waals surface area (Å²) < 4.78 is 5.15. The second-order valence-electron chi connectivity index (χ2n) is 4.60. The minimum absolute atomic E-state index is 0.495. The fourth-order valence-corrected chi connectivity index (χ4v) is 3.36. The number of nitrogens with zero attached hydrogens (tertiary/aromatic N) is 1. The second-order valence-corrected chi connectivity index (χ2v) is 5.68.